The first kappa shape index (κ1) is 18.7. The summed E-state index contributed by atoms with van der Waals surface area (Å²) in [5, 5.41) is 20.3. The summed E-state index contributed by atoms with van der Waals surface area (Å²) in [4.78, 5) is 6.22. The highest BCUT2D eigenvalue weighted by atomic mass is 16.5. The Hall–Kier alpha value is -2.68. The molecule has 2 aromatic rings. The van der Waals surface area contributed by atoms with Gasteiger partial charge in [-0.3, -0.25) is 10.1 Å². The van der Waals surface area contributed by atoms with Gasteiger partial charge in [0.05, 0.1) is 24.6 Å². The van der Waals surface area contributed by atoms with Crippen molar-refractivity contribution in [3.05, 3.63) is 60.8 Å². The number of H-pyrrole nitrogens is 1. The normalized spacial score (nSPS) is 23.0. The molecule has 1 unspecified atom stereocenters. The van der Waals surface area contributed by atoms with Crippen molar-refractivity contribution in [2.45, 2.75) is 31.4 Å². The summed E-state index contributed by atoms with van der Waals surface area (Å²) < 4.78 is 12.1. The number of nitrogens with one attached hydrogen (secondary N) is 2. The van der Waals surface area contributed by atoms with Crippen molar-refractivity contribution >= 4 is 5.57 Å². The van der Waals surface area contributed by atoms with E-state index in [9.17, 15) is 5.11 Å². The van der Waals surface area contributed by atoms with Gasteiger partial charge in [-0.25, -0.2) is 4.90 Å². The lowest BCUT2D eigenvalue weighted by Crippen LogP contribution is -2.69. The molecule has 0 amide bonds. The van der Waals surface area contributed by atoms with E-state index < -0.39 is 11.4 Å². The molecule has 0 spiro atoms. The minimum Gasteiger partial charge on any atom is -0.486 e. The SMILES string of the molecule is CC(C)(O)COC1(N2CC(Oc3cccnc3)C2)C=CC(c2cn[nH]c2)=CN1. The fraction of sp³-hybridized carbons (Fsp3) is 0.400. The Morgan fingerprint density at radius 1 is 1.36 bits per heavy atom. The molecular weight excluding hydrogens is 358 g/mol. The minimum atomic E-state index is -0.937. The van der Waals surface area contributed by atoms with Crippen LogP contribution in [0.5, 0.6) is 5.75 Å². The molecule has 148 valence electrons. The van der Waals surface area contributed by atoms with Crippen LogP contribution in [0.3, 0.4) is 0 Å². The molecule has 2 aliphatic rings. The van der Waals surface area contributed by atoms with Crippen molar-refractivity contribution in [1.29, 1.82) is 0 Å². The van der Waals surface area contributed by atoms with Gasteiger partial charge in [-0.1, -0.05) is 6.08 Å². The highest BCUT2D eigenvalue weighted by Crippen LogP contribution is 2.31. The van der Waals surface area contributed by atoms with E-state index in [2.05, 4.69) is 25.4 Å². The van der Waals surface area contributed by atoms with Crippen molar-refractivity contribution in [3.63, 3.8) is 0 Å². The standard InChI is InChI=1S/C20H25N5O3/c1-19(2,26)14-27-20(6-5-15(8-22-20)16-9-23-24-10-16)25-12-18(13-25)28-17-4-3-7-21-11-17/h3-11,18,22,26H,12-14H2,1-2H3,(H,23,24). The molecule has 1 saturated heterocycles. The lowest BCUT2D eigenvalue weighted by atomic mass is 10.0. The average Bonchev–Trinajstić information content (AvgIpc) is 3.18. The average molecular weight is 383 g/mol. The van der Waals surface area contributed by atoms with E-state index in [1.54, 1.807) is 32.4 Å². The number of ether oxygens (including phenoxy) is 2. The van der Waals surface area contributed by atoms with Gasteiger partial charge in [-0.15, -0.1) is 0 Å². The summed E-state index contributed by atoms with van der Waals surface area (Å²) in [7, 11) is 0. The number of hydrogen-bond acceptors (Lipinski definition) is 7. The molecule has 0 aromatic carbocycles. The molecule has 2 aromatic heterocycles. The largest absolute Gasteiger partial charge is 0.486 e. The second kappa shape index (κ2) is 7.38. The number of aliphatic hydroxyl groups is 1. The smallest absolute Gasteiger partial charge is 0.218 e. The van der Waals surface area contributed by atoms with E-state index in [0.29, 0.717) is 13.1 Å². The molecule has 3 N–H and O–H groups in total. The monoisotopic (exact) mass is 383 g/mol. The van der Waals surface area contributed by atoms with Crippen LogP contribution in [0.2, 0.25) is 0 Å². The first-order chi connectivity index (χ1) is 13.4. The maximum Gasteiger partial charge on any atom is 0.218 e. The predicted octanol–water partition coefficient (Wildman–Crippen LogP) is 1.51. The van der Waals surface area contributed by atoms with E-state index in [-0.39, 0.29) is 12.7 Å². The van der Waals surface area contributed by atoms with Crippen molar-refractivity contribution in [3.8, 4) is 5.75 Å². The molecule has 8 nitrogen and oxygen atoms in total. The van der Waals surface area contributed by atoms with Gasteiger partial charge in [-0.2, -0.15) is 5.10 Å². The van der Waals surface area contributed by atoms with Crippen LogP contribution in [-0.4, -0.2) is 62.4 Å². The van der Waals surface area contributed by atoms with Gasteiger partial charge in [0.2, 0.25) is 5.85 Å². The Bertz CT molecular complexity index is 838. The number of nitrogens with zero attached hydrogens (tertiary/aromatic N) is 3. The zero-order valence-electron chi connectivity index (χ0n) is 16.0. The van der Waals surface area contributed by atoms with Gasteiger partial charge >= 0.3 is 0 Å². The van der Waals surface area contributed by atoms with Crippen LogP contribution in [0.4, 0.5) is 0 Å². The first-order valence-electron chi connectivity index (χ1n) is 9.28. The highest BCUT2D eigenvalue weighted by molar-refractivity contribution is 5.74. The van der Waals surface area contributed by atoms with Crippen molar-refractivity contribution in [1.82, 2.24) is 25.4 Å². The summed E-state index contributed by atoms with van der Waals surface area (Å²) in [5.41, 5.74) is 1.05. The van der Waals surface area contributed by atoms with E-state index in [1.807, 2.05) is 36.7 Å². The fourth-order valence-corrected chi connectivity index (χ4v) is 3.13. The molecule has 28 heavy (non-hydrogen) atoms. The Morgan fingerprint density at radius 3 is 2.82 bits per heavy atom. The quantitative estimate of drug-likeness (QED) is 0.667. The number of hydrogen-bond donors (Lipinski definition) is 3. The van der Waals surface area contributed by atoms with Gasteiger partial charge in [0, 0.05) is 42.8 Å². The van der Waals surface area contributed by atoms with E-state index in [0.717, 1.165) is 16.9 Å². The Balaban J connectivity index is 1.44. The third-order valence-corrected chi connectivity index (χ3v) is 4.66. The molecule has 8 heteroatoms. The van der Waals surface area contributed by atoms with Gasteiger partial charge in [-0.05, 0) is 32.1 Å². The molecule has 0 saturated carbocycles. The highest BCUT2D eigenvalue weighted by Gasteiger charge is 2.45. The molecule has 4 heterocycles. The number of dihydropyridines is 1. The second-order valence-corrected chi connectivity index (χ2v) is 7.70. The van der Waals surface area contributed by atoms with E-state index >= 15 is 0 Å². The third kappa shape index (κ3) is 4.09. The van der Waals surface area contributed by atoms with Crippen molar-refractivity contribution in [2.75, 3.05) is 19.7 Å². The molecule has 0 bridgehead atoms. The number of likely N-dealkylation sites (tertiary alicyclic amines) is 1. The lowest BCUT2D eigenvalue weighted by molar-refractivity contribution is -0.205. The molecule has 4 rings (SSSR count). The van der Waals surface area contributed by atoms with Crippen LogP contribution in [0, 0.1) is 0 Å². The third-order valence-electron chi connectivity index (χ3n) is 4.66. The number of pyridine rings is 1. The van der Waals surface area contributed by atoms with Crippen molar-refractivity contribution in [2.24, 2.45) is 0 Å². The Kier molecular flexibility index (Phi) is 4.92. The molecule has 1 fully saturated rings. The number of allylic oxidation sites excluding steroid dienone is 2. The number of aromatic amines is 1. The van der Waals surface area contributed by atoms with Crippen molar-refractivity contribution < 1.29 is 14.6 Å². The van der Waals surface area contributed by atoms with E-state index in [4.69, 9.17) is 9.47 Å². The molecular formula is C20H25N5O3. The zero-order valence-corrected chi connectivity index (χ0v) is 16.0. The summed E-state index contributed by atoms with van der Waals surface area (Å²) in [6.07, 6.45) is 13.0. The van der Waals surface area contributed by atoms with Gasteiger partial charge in [0.25, 0.3) is 0 Å². The number of aromatic nitrogens is 3. The van der Waals surface area contributed by atoms with Crippen LogP contribution in [0.25, 0.3) is 5.57 Å². The maximum absolute atomic E-state index is 10.1. The van der Waals surface area contributed by atoms with Crippen LogP contribution >= 0.6 is 0 Å². The lowest BCUT2D eigenvalue weighted by Gasteiger charge is -2.51. The predicted molar refractivity (Wildman–Crippen MR) is 104 cm³/mol. The molecule has 2 aliphatic heterocycles. The molecule has 0 radical (unpaired) electrons. The topological polar surface area (TPSA) is 95.5 Å². The second-order valence-electron chi connectivity index (χ2n) is 7.70. The summed E-state index contributed by atoms with van der Waals surface area (Å²) >= 11 is 0. The van der Waals surface area contributed by atoms with Gasteiger partial charge in [0.15, 0.2) is 0 Å². The van der Waals surface area contributed by atoms with Crippen LogP contribution in [0.15, 0.2) is 55.3 Å². The minimum absolute atomic E-state index is 0.0567. The van der Waals surface area contributed by atoms with Crippen LogP contribution in [-0.2, 0) is 4.74 Å². The molecule has 0 aliphatic carbocycles. The van der Waals surface area contributed by atoms with Gasteiger partial charge in [0.1, 0.15) is 11.9 Å². The first-order valence-corrected chi connectivity index (χ1v) is 9.28. The Morgan fingerprint density at radius 2 is 2.21 bits per heavy atom. The Labute approximate surface area is 163 Å². The zero-order chi connectivity index (χ0) is 19.6. The summed E-state index contributed by atoms with van der Waals surface area (Å²) in [6.45, 7) is 5.01. The van der Waals surface area contributed by atoms with Crippen LogP contribution < -0.4 is 10.1 Å². The summed E-state index contributed by atoms with van der Waals surface area (Å²) in [5.74, 6) is -0.0740. The fourth-order valence-electron chi connectivity index (χ4n) is 3.13. The number of rotatable bonds is 7. The van der Waals surface area contributed by atoms with Gasteiger partial charge < -0.3 is 19.9 Å². The maximum atomic E-state index is 10.1. The summed E-state index contributed by atoms with van der Waals surface area (Å²) in [6, 6.07) is 3.75. The van der Waals surface area contributed by atoms with E-state index in [1.165, 1.54) is 0 Å². The van der Waals surface area contributed by atoms with Crippen LogP contribution in [0.1, 0.15) is 19.4 Å². The molecule has 1 atom stereocenters.